The molecule has 1 saturated heterocycles. The second kappa shape index (κ2) is 10.7. The zero-order valence-electron chi connectivity index (χ0n) is 20.7. The molecule has 194 valence electrons. The summed E-state index contributed by atoms with van der Waals surface area (Å²) in [7, 11) is 0. The molecule has 6 rings (SSSR count). The first-order valence-corrected chi connectivity index (χ1v) is 13.0. The van der Waals surface area contributed by atoms with Crippen LogP contribution in [0, 0.1) is 5.92 Å². The summed E-state index contributed by atoms with van der Waals surface area (Å²) in [4.78, 5) is 32.6. The Morgan fingerprint density at radius 3 is 2.82 bits per heavy atom. The van der Waals surface area contributed by atoms with Crippen molar-refractivity contribution in [1.82, 2.24) is 19.9 Å². The Morgan fingerprint density at radius 2 is 1.97 bits per heavy atom. The molecular weight excluding hydrogens is 504 g/mol. The number of hydrogen-bond donors (Lipinski definition) is 3. The number of nitrogens with zero attached hydrogens (tertiary/aromatic N) is 5. The van der Waals surface area contributed by atoms with Crippen molar-refractivity contribution in [2.45, 2.75) is 32.1 Å². The van der Waals surface area contributed by atoms with E-state index in [2.05, 4.69) is 40.8 Å². The van der Waals surface area contributed by atoms with Crippen LogP contribution in [0.4, 0.5) is 34.8 Å². The summed E-state index contributed by atoms with van der Waals surface area (Å²) in [5.41, 5.74) is 4.52. The van der Waals surface area contributed by atoms with Crippen molar-refractivity contribution in [3.05, 3.63) is 71.5 Å². The molecule has 6 bridgehead atoms. The third-order valence-electron chi connectivity index (χ3n) is 6.90. The minimum atomic E-state index is 0.0239. The fraction of sp³-hybridized carbons (Fsp3) is 0.296. The van der Waals surface area contributed by atoms with E-state index in [4.69, 9.17) is 16.0 Å². The van der Waals surface area contributed by atoms with Crippen LogP contribution in [0.2, 0.25) is 5.02 Å². The van der Waals surface area contributed by atoms with E-state index in [1.54, 1.807) is 24.9 Å². The quantitative estimate of drug-likeness (QED) is 0.321. The number of fused-ring (bicyclic) bond motifs is 6. The monoisotopic (exact) mass is 530 g/mol. The van der Waals surface area contributed by atoms with Gasteiger partial charge in [-0.2, -0.15) is 4.98 Å². The maximum Gasteiger partial charge on any atom is 0.297 e. The molecular formula is C27H27ClN8O2. The number of hydrogen-bond acceptors (Lipinski definition) is 9. The van der Waals surface area contributed by atoms with E-state index in [1.165, 1.54) is 0 Å². The summed E-state index contributed by atoms with van der Waals surface area (Å²) in [6.45, 7) is 1.67. The first kappa shape index (κ1) is 24.2. The van der Waals surface area contributed by atoms with Gasteiger partial charge in [-0.3, -0.25) is 9.78 Å². The van der Waals surface area contributed by atoms with E-state index >= 15 is 0 Å². The highest BCUT2D eigenvalue weighted by Crippen LogP contribution is 2.30. The lowest BCUT2D eigenvalue weighted by Crippen LogP contribution is -2.35. The Labute approximate surface area is 224 Å². The van der Waals surface area contributed by atoms with E-state index in [0.29, 0.717) is 35.1 Å². The molecule has 4 aromatic rings. The third-order valence-corrected chi connectivity index (χ3v) is 7.18. The van der Waals surface area contributed by atoms with Gasteiger partial charge in [0, 0.05) is 37.1 Å². The first-order valence-electron chi connectivity index (χ1n) is 12.7. The predicted molar refractivity (Wildman–Crippen MR) is 146 cm³/mol. The molecule has 1 aromatic carbocycles. The summed E-state index contributed by atoms with van der Waals surface area (Å²) in [6.07, 6.45) is 12.2. The lowest BCUT2D eigenvalue weighted by molar-refractivity contribution is -0.117. The predicted octanol–water partition coefficient (Wildman–Crippen LogP) is 5.34. The van der Waals surface area contributed by atoms with Crippen molar-refractivity contribution in [3.8, 4) is 0 Å². The van der Waals surface area contributed by atoms with Crippen LogP contribution < -0.4 is 20.9 Å². The third kappa shape index (κ3) is 5.55. The number of anilines is 6. The van der Waals surface area contributed by atoms with Gasteiger partial charge in [-0.1, -0.05) is 11.6 Å². The largest absolute Gasteiger partial charge is 0.432 e. The van der Waals surface area contributed by atoms with E-state index in [1.807, 2.05) is 30.5 Å². The van der Waals surface area contributed by atoms with Crippen LogP contribution in [0.25, 0.3) is 0 Å². The Hall–Kier alpha value is -4.18. The van der Waals surface area contributed by atoms with Gasteiger partial charge in [0.05, 0.1) is 24.3 Å². The van der Waals surface area contributed by atoms with Gasteiger partial charge in [0.25, 0.3) is 6.01 Å². The molecule has 38 heavy (non-hydrogen) atoms. The Morgan fingerprint density at radius 1 is 1.08 bits per heavy atom. The molecule has 0 atom stereocenters. The molecule has 5 heterocycles. The Balaban J connectivity index is 1.18. The molecule has 1 amide bonds. The van der Waals surface area contributed by atoms with Gasteiger partial charge in [0.15, 0.2) is 5.82 Å². The lowest BCUT2D eigenvalue weighted by atomic mass is 9.93. The number of aryl methyl sites for hydroxylation is 2. The second-order valence-corrected chi connectivity index (χ2v) is 10.00. The molecule has 0 radical (unpaired) electrons. The van der Waals surface area contributed by atoms with Gasteiger partial charge in [-0.15, -0.1) is 0 Å². The zero-order valence-corrected chi connectivity index (χ0v) is 21.4. The van der Waals surface area contributed by atoms with E-state index in [0.717, 1.165) is 67.0 Å². The number of pyridine rings is 1. The topological polar surface area (TPSA) is 121 Å². The van der Waals surface area contributed by atoms with Crippen molar-refractivity contribution in [3.63, 3.8) is 0 Å². The first-order chi connectivity index (χ1) is 18.6. The number of halogens is 1. The number of carbonyl (C=O) groups excluding carboxylic acids is 1. The summed E-state index contributed by atoms with van der Waals surface area (Å²) in [5.74, 6) is 1.26. The van der Waals surface area contributed by atoms with Gasteiger partial charge < -0.3 is 25.3 Å². The molecule has 2 aliphatic rings. The number of piperidine rings is 1. The molecule has 3 aromatic heterocycles. The number of amides is 1. The maximum atomic E-state index is 13.1. The second-order valence-electron chi connectivity index (χ2n) is 9.59. The van der Waals surface area contributed by atoms with Crippen LogP contribution in [0.3, 0.4) is 0 Å². The van der Waals surface area contributed by atoms with Crippen molar-refractivity contribution < 1.29 is 9.21 Å². The van der Waals surface area contributed by atoms with Crippen molar-refractivity contribution in [2.75, 3.05) is 33.9 Å². The Bertz CT molecular complexity index is 1440. The van der Waals surface area contributed by atoms with Gasteiger partial charge >= 0.3 is 0 Å². The van der Waals surface area contributed by atoms with Crippen LogP contribution in [0.5, 0.6) is 0 Å². The number of oxazole rings is 1. The number of carbonyl (C=O) groups is 1. The van der Waals surface area contributed by atoms with Crippen LogP contribution in [-0.2, 0) is 17.6 Å². The van der Waals surface area contributed by atoms with Crippen molar-refractivity contribution >= 4 is 52.4 Å². The summed E-state index contributed by atoms with van der Waals surface area (Å²) >= 11 is 6.37. The molecule has 2 aliphatic heterocycles. The molecule has 0 aliphatic carbocycles. The van der Waals surface area contributed by atoms with Gasteiger partial charge in [0.1, 0.15) is 11.3 Å². The highest BCUT2D eigenvalue weighted by atomic mass is 35.5. The van der Waals surface area contributed by atoms with Gasteiger partial charge in [-0.05, 0) is 67.0 Å². The van der Waals surface area contributed by atoms with Crippen LogP contribution >= 0.6 is 11.6 Å². The SMILES string of the molecule is O=C(CC1CCN(c2ncco2)CC1)Nc1ccc2cc1CCc1cncc(c1)Nc1ncc(Cl)c(n1)N2. The molecule has 0 unspecified atom stereocenters. The van der Waals surface area contributed by atoms with Crippen LogP contribution in [0.1, 0.15) is 30.4 Å². The van der Waals surface area contributed by atoms with Gasteiger partial charge in [-0.25, -0.2) is 9.97 Å². The number of benzene rings is 1. The fourth-order valence-corrected chi connectivity index (χ4v) is 5.05. The molecule has 0 spiro atoms. The lowest BCUT2D eigenvalue weighted by Gasteiger charge is -2.30. The van der Waals surface area contributed by atoms with Gasteiger partial charge in [0.2, 0.25) is 11.9 Å². The molecule has 0 saturated carbocycles. The molecule has 11 heteroatoms. The van der Waals surface area contributed by atoms with E-state index in [-0.39, 0.29) is 5.91 Å². The smallest absolute Gasteiger partial charge is 0.297 e. The highest BCUT2D eigenvalue weighted by molar-refractivity contribution is 6.32. The molecule has 10 nitrogen and oxygen atoms in total. The summed E-state index contributed by atoms with van der Waals surface area (Å²) < 4.78 is 5.41. The van der Waals surface area contributed by atoms with E-state index in [9.17, 15) is 4.79 Å². The molecule has 1 fully saturated rings. The molecule has 3 N–H and O–H groups in total. The van der Waals surface area contributed by atoms with Crippen LogP contribution in [0.15, 0.2) is 59.7 Å². The van der Waals surface area contributed by atoms with E-state index < -0.39 is 0 Å². The summed E-state index contributed by atoms with van der Waals surface area (Å²) in [6, 6.07) is 8.57. The fourth-order valence-electron chi connectivity index (χ4n) is 4.92. The standard InChI is InChI=1S/C27H27ClN8O2/c28-22-16-31-26-33-21-11-18(14-29-15-21)1-2-19-13-20(32-25(22)35-26)3-4-23(19)34-24(37)12-17-5-8-36(9-6-17)27-30-7-10-38-27/h3-4,7,10-11,13-17H,1-2,5-6,8-9,12H2,(H,34,37)(H2,31,32,33,35). The number of rotatable bonds is 4. The average molecular weight is 531 g/mol. The maximum absolute atomic E-state index is 13.1. The zero-order chi connectivity index (χ0) is 25.9. The van der Waals surface area contributed by atoms with Crippen molar-refractivity contribution in [2.24, 2.45) is 5.92 Å². The average Bonchev–Trinajstić information content (AvgIpc) is 3.46. The minimum Gasteiger partial charge on any atom is -0.432 e. The highest BCUT2D eigenvalue weighted by Gasteiger charge is 2.24. The minimum absolute atomic E-state index is 0.0239. The number of nitrogens with one attached hydrogen (secondary N) is 3. The summed E-state index contributed by atoms with van der Waals surface area (Å²) in [5, 5.41) is 10.1. The number of aromatic nitrogens is 4. The normalized spacial score (nSPS) is 15.3. The Kier molecular flexibility index (Phi) is 6.78. The van der Waals surface area contributed by atoms with Crippen molar-refractivity contribution in [1.29, 1.82) is 0 Å². The van der Waals surface area contributed by atoms with Crippen LogP contribution in [-0.4, -0.2) is 38.9 Å².